The molecular formula is C20H22N2O3. The second-order valence-electron chi connectivity index (χ2n) is 6.57. The molecule has 0 spiro atoms. The van der Waals surface area contributed by atoms with Gasteiger partial charge in [-0.1, -0.05) is 32.0 Å². The Labute approximate surface area is 147 Å². The van der Waals surface area contributed by atoms with E-state index in [-0.39, 0.29) is 25.0 Å². The summed E-state index contributed by atoms with van der Waals surface area (Å²) in [6, 6.07) is 13.3. The maximum absolute atomic E-state index is 12.4. The van der Waals surface area contributed by atoms with Crippen molar-refractivity contribution in [2.45, 2.75) is 26.7 Å². The summed E-state index contributed by atoms with van der Waals surface area (Å²) in [5.74, 6) is 0.562. The fourth-order valence-electron chi connectivity index (χ4n) is 2.80. The van der Waals surface area contributed by atoms with Gasteiger partial charge in [0.25, 0.3) is 5.91 Å². The van der Waals surface area contributed by atoms with Gasteiger partial charge in [0.05, 0.1) is 5.69 Å². The number of rotatable bonds is 4. The highest BCUT2D eigenvalue weighted by molar-refractivity contribution is 6.05. The molecule has 0 unspecified atom stereocenters. The number of carbonyl (C=O) groups excluding carboxylic acids is 2. The second kappa shape index (κ2) is 6.97. The van der Waals surface area contributed by atoms with Gasteiger partial charge < -0.3 is 10.1 Å². The van der Waals surface area contributed by atoms with Crippen molar-refractivity contribution >= 4 is 23.2 Å². The Kier molecular flexibility index (Phi) is 4.74. The first-order valence-electron chi connectivity index (χ1n) is 8.37. The Morgan fingerprint density at radius 3 is 2.80 bits per heavy atom. The maximum atomic E-state index is 12.4. The van der Waals surface area contributed by atoms with Crippen molar-refractivity contribution in [3.05, 3.63) is 53.6 Å². The van der Waals surface area contributed by atoms with Crippen LogP contribution in [-0.2, 0) is 9.59 Å². The Morgan fingerprint density at radius 2 is 2.04 bits per heavy atom. The number of fused-ring (bicyclic) bond motifs is 1. The Hall–Kier alpha value is -2.82. The summed E-state index contributed by atoms with van der Waals surface area (Å²) in [6.07, 6.45) is 0. The van der Waals surface area contributed by atoms with E-state index in [2.05, 4.69) is 19.2 Å². The third-order valence-corrected chi connectivity index (χ3v) is 4.20. The van der Waals surface area contributed by atoms with Crippen LogP contribution in [0.1, 0.15) is 30.9 Å². The highest BCUT2D eigenvalue weighted by atomic mass is 16.5. The van der Waals surface area contributed by atoms with Crippen LogP contribution in [0.15, 0.2) is 42.5 Å². The summed E-state index contributed by atoms with van der Waals surface area (Å²) in [7, 11) is 0. The van der Waals surface area contributed by atoms with Gasteiger partial charge in [-0.3, -0.25) is 14.5 Å². The fourth-order valence-corrected chi connectivity index (χ4v) is 2.80. The lowest BCUT2D eigenvalue weighted by Gasteiger charge is -2.29. The first-order valence-corrected chi connectivity index (χ1v) is 8.37. The normalized spacial score (nSPS) is 13.4. The van der Waals surface area contributed by atoms with E-state index in [1.807, 2.05) is 49.4 Å². The summed E-state index contributed by atoms with van der Waals surface area (Å²) >= 11 is 0. The minimum absolute atomic E-state index is 0.0375. The van der Waals surface area contributed by atoms with E-state index in [0.717, 1.165) is 16.8 Å². The minimum atomic E-state index is -0.234. The topological polar surface area (TPSA) is 58.6 Å². The number of nitrogens with zero attached hydrogens (tertiary/aromatic N) is 1. The monoisotopic (exact) mass is 338 g/mol. The summed E-state index contributed by atoms with van der Waals surface area (Å²) in [4.78, 5) is 26.1. The Morgan fingerprint density at radius 1 is 1.24 bits per heavy atom. The molecule has 1 heterocycles. The van der Waals surface area contributed by atoms with Crippen LogP contribution in [0, 0.1) is 6.92 Å². The van der Waals surface area contributed by atoms with Gasteiger partial charge in [-0.25, -0.2) is 0 Å². The van der Waals surface area contributed by atoms with Gasteiger partial charge in [0.15, 0.2) is 6.61 Å². The van der Waals surface area contributed by atoms with Crippen LogP contribution in [0.4, 0.5) is 11.4 Å². The van der Waals surface area contributed by atoms with E-state index < -0.39 is 0 Å². The van der Waals surface area contributed by atoms with Gasteiger partial charge in [0, 0.05) is 5.69 Å². The molecule has 2 amide bonds. The van der Waals surface area contributed by atoms with Crippen molar-refractivity contribution in [3.63, 3.8) is 0 Å². The van der Waals surface area contributed by atoms with E-state index in [0.29, 0.717) is 17.4 Å². The van der Waals surface area contributed by atoms with Crippen LogP contribution in [-0.4, -0.2) is 25.0 Å². The highest BCUT2D eigenvalue weighted by Gasteiger charge is 2.27. The molecule has 1 N–H and O–H groups in total. The van der Waals surface area contributed by atoms with Crippen LogP contribution in [0.2, 0.25) is 0 Å². The van der Waals surface area contributed by atoms with Crippen LogP contribution >= 0.6 is 0 Å². The van der Waals surface area contributed by atoms with E-state index in [4.69, 9.17) is 4.74 Å². The summed E-state index contributed by atoms with van der Waals surface area (Å²) in [6.45, 7) is 6.08. The smallest absolute Gasteiger partial charge is 0.265 e. The predicted octanol–water partition coefficient (Wildman–Crippen LogP) is 3.48. The first-order chi connectivity index (χ1) is 11.9. The molecule has 0 radical (unpaired) electrons. The molecule has 1 aliphatic heterocycles. The zero-order chi connectivity index (χ0) is 18.0. The van der Waals surface area contributed by atoms with Crippen molar-refractivity contribution in [2.24, 2.45) is 0 Å². The molecule has 0 saturated carbocycles. The second-order valence-corrected chi connectivity index (χ2v) is 6.57. The number of ether oxygens (including phenoxy) is 1. The molecule has 0 atom stereocenters. The van der Waals surface area contributed by atoms with Crippen molar-refractivity contribution in [1.29, 1.82) is 0 Å². The van der Waals surface area contributed by atoms with Gasteiger partial charge in [0.1, 0.15) is 12.3 Å². The lowest BCUT2D eigenvalue weighted by molar-refractivity contribution is -0.123. The average molecular weight is 338 g/mol. The largest absolute Gasteiger partial charge is 0.482 e. The Balaban J connectivity index is 1.75. The van der Waals surface area contributed by atoms with Gasteiger partial charge in [-0.2, -0.15) is 0 Å². The quantitative estimate of drug-likeness (QED) is 0.928. The Bertz CT molecular complexity index is 814. The van der Waals surface area contributed by atoms with Crippen molar-refractivity contribution in [2.75, 3.05) is 23.4 Å². The number of carbonyl (C=O) groups is 2. The molecule has 130 valence electrons. The predicted molar refractivity (Wildman–Crippen MR) is 98.2 cm³/mol. The van der Waals surface area contributed by atoms with Crippen LogP contribution in [0.25, 0.3) is 0 Å². The molecule has 5 nitrogen and oxygen atoms in total. The van der Waals surface area contributed by atoms with E-state index >= 15 is 0 Å². The standard InChI is InChI=1S/C20H22N2O3/c1-13(2)15-5-4-6-16(10-15)21-19(23)11-22-17-8-7-14(3)9-18(17)25-12-20(22)24/h4-10,13H,11-12H2,1-3H3,(H,21,23). The van der Waals surface area contributed by atoms with E-state index in [1.165, 1.54) is 4.90 Å². The van der Waals surface area contributed by atoms with Crippen molar-refractivity contribution in [3.8, 4) is 5.75 Å². The van der Waals surface area contributed by atoms with Crippen LogP contribution in [0.5, 0.6) is 5.75 Å². The summed E-state index contributed by atoms with van der Waals surface area (Å²) < 4.78 is 5.47. The molecule has 0 aliphatic carbocycles. The number of aryl methyl sites for hydroxylation is 1. The fraction of sp³-hybridized carbons (Fsp3) is 0.300. The van der Waals surface area contributed by atoms with E-state index in [1.54, 1.807) is 0 Å². The molecule has 25 heavy (non-hydrogen) atoms. The molecule has 0 fully saturated rings. The zero-order valence-corrected chi connectivity index (χ0v) is 14.7. The third kappa shape index (κ3) is 3.82. The first kappa shape index (κ1) is 17.0. The van der Waals surface area contributed by atoms with Crippen LogP contribution < -0.4 is 15.0 Å². The number of hydrogen-bond donors (Lipinski definition) is 1. The zero-order valence-electron chi connectivity index (χ0n) is 14.7. The molecule has 0 aromatic heterocycles. The molecule has 1 aliphatic rings. The number of hydrogen-bond acceptors (Lipinski definition) is 3. The van der Waals surface area contributed by atoms with Gasteiger partial charge in [-0.15, -0.1) is 0 Å². The molecular weight excluding hydrogens is 316 g/mol. The molecule has 0 saturated heterocycles. The van der Waals surface area contributed by atoms with Crippen molar-refractivity contribution < 1.29 is 14.3 Å². The molecule has 3 rings (SSSR count). The number of benzene rings is 2. The lowest BCUT2D eigenvalue weighted by atomic mass is 10.0. The molecule has 2 aromatic carbocycles. The van der Waals surface area contributed by atoms with Gasteiger partial charge in [-0.05, 0) is 48.2 Å². The SMILES string of the molecule is Cc1ccc2c(c1)OCC(=O)N2CC(=O)Nc1cccc(C(C)C)c1. The van der Waals surface area contributed by atoms with Crippen molar-refractivity contribution in [1.82, 2.24) is 0 Å². The summed E-state index contributed by atoms with van der Waals surface area (Å²) in [5, 5.41) is 2.87. The lowest BCUT2D eigenvalue weighted by Crippen LogP contribution is -2.43. The number of amides is 2. The number of nitrogens with one attached hydrogen (secondary N) is 1. The van der Waals surface area contributed by atoms with Gasteiger partial charge >= 0.3 is 0 Å². The third-order valence-electron chi connectivity index (χ3n) is 4.20. The van der Waals surface area contributed by atoms with Gasteiger partial charge in [0.2, 0.25) is 5.91 Å². The average Bonchev–Trinajstić information content (AvgIpc) is 2.57. The summed E-state index contributed by atoms with van der Waals surface area (Å²) in [5.41, 5.74) is 3.57. The molecule has 0 bridgehead atoms. The van der Waals surface area contributed by atoms with Crippen LogP contribution in [0.3, 0.4) is 0 Å². The minimum Gasteiger partial charge on any atom is -0.482 e. The molecule has 2 aromatic rings. The highest BCUT2D eigenvalue weighted by Crippen LogP contribution is 2.32. The maximum Gasteiger partial charge on any atom is 0.265 e. The molecule has 5 heteroatoms. The van der Waals surface area contributed by atoms with E-state index in [9.17, 15) is 9.59 Å². The number of anilines is 2.